The molecule has 4 rings (SSSR count). The standard InChI is InChI=1S/C35H34F6NO5P/c36-34(37,38)28-16-9-14-25(19-28)30-21-27(33(43)42-18-8-3-1-2-5-11-24-12-6-4-7-13-24)22-31(32(30)47-23-48(44,45)46)26-15-10-17-29(20-26)35(39,40)41/h4,6-7,9-10,12-17,19-22H,1-3,5,8,11,18,23H2,(H,42,43)(H2,44,45,46). The van der Waals surface area contributed by atoms with Crippen LogP contribution in [0.5, 0.6) is 5.75 Å². The molecule has 0 fully saturated rings. The lowest BCUT2D eigenvalue weighted by Crippen LogP contribution is -2.24. The van der Waals surface area contributed by atoms with E-state index >= 15 is 0 Å². The lowest BCUT2D eigenvalue weighted by Gasteiger charge is -2.20. The Labute approximate surface area is 273 Å². The SMILES string of the molecule is O=C(NCCCCCCCc1ccccc1)c1cc(-c2cccc(C(F)(F)F)c2)c(OCP(=O)(O)O)c(-c2cccc(C(F)(F)F)c2)c1. The van der Waals surface area contributed by atoms with Crippen molar-refractivity contribution in [1.29, 1.82) is 0 Å². The average molecular weight is 694 g/mol. The molecular weight excluding hydrogens is 659 g/mol. The quantitative estimate of drug-likeness (QED) is 0.0695. The van der Waals surface area contributed by atoms with E-state index in [4.69, 9.17) is 4.74 Å². The van der Waals surface area contributed by atoms with Gasteiger partial charge < -0.3 is 19.8 Å². The molecule has 0 radical (unpaired) electrons. The molecule has 0 heterocycles. The number of ether oxygens (including phenoxy) is 1. The number of nitrogens with one attached hydrogen (secondary N) is 1. The predicted octanol–water partition coefficient (Wildman–Crippen LogP) is 9.50. The zero-order valence-corrected chi connectivity index (χ0v) is 26.5. The van der Waals surface area contributed by atoms with Crippen LogP contribution in [0.15, 0.2) is 91.0 Å². The molecule has 4 aromatic rings. The Bertz CT molecular complexity index is 1660. The first-order valence-electron chi connectivity index (χ1n) is 15.1. The van der Waals surface area contributed by atoms with Crippen molar-refractivity contribution in [1.82, 2.24) is 5.32 Å². The van der Waals surface area contributed by atoms with Crippen molar-refractivity contribution in [2.24, 2.45) is 0 Å². The lowest BCUT2D eigenvalue weighted by molar-refractivity contribution is -0.138. The fourth-order valence-corrected chi connectivity index (χ4v) is 5.45. The summed E-state index contributed by atoms with van der Waals surface area (Å²) in [7, 11) is -4.86. The number of aryl methyl sites for hydroxylation is 1. The molecule has 48 heavy (non-hydrogen) atoms. The maximum absolute atomic E-state index is 13.6. The van der Waals surface area contributed by atoms with Gasteiger partial charge in [-0.25, -0.2) is 0 Å². The molecule has 3 N–H and O–H groups in total. The van der Waals surface area contributed by atoms with Gasteiger partial charge >= 0.3 is 19.9 Å². The molecule has 0 spiro atoms. The van der Waals surface area contributed by atoms with Crippen LogP contribution in [0.25, 0.3) is 22.3 Å². The highest BCUT2D eigenvalue weighted by Crippen LogP contribution is 2.45. The zero-order valence-electron chi connectivity index (χ0n) is 25.7. The molecule has 4 aromatic carbocycles. The van der Waals surface area contributed by atoms with E-state index in [-0.39, 0.29) is 34.4 Å². The number of benzene rings is 4. The summed E-state index contributed by atoms with van der Waals surface area (Å²) in [5.74, 6) is -1.04. The normalized spacial score (nSPS) is 12.2. The van der Waals surface area contributed by atoms with Crippen LogP contribution in [0.3, 0.4) is 0 Å². The minimum Gasteiger partial charge on any atom is -0.480 e. The first kappa shape index (κ1) is 36.7. The Kier molecular flexibility index (Phi) is 12.1. The smallest absolute Gasteiger partial charge is 0.416 e. The van der Waals surface area contributed by atoms with Gasteiger partial charge in [0.1, 0.15) is 5.75 Å². The summed E-state index contributed by atoms with van der Waals surface area (Å²) < 4.78 is 99.0. The van der Waals surface area contributed by atoms with E-state index in [1.165, 1.54) is 29.8 Å². The molecule has 0 aliphatic heterocycles. The van der Waals surface area contributed by atoms with E-state index in [0.29, 0.717) is 6.42 Å². The first-order chi connectivity index (χ1) is 22.6. The third-order valence-electron chi connectivity index (χ3n) is 7.50. The van der Waals surface area contributed by atoms with Crippen molar-refractivity contribution < 1.29 is 50.2 Å². The molecule has 0 bridgehead atoms. The lowest BCUT2D eigenvalue weighted by atomic mass is 9.92. The number of alkyl halides is 6. The number of unbranched alkanes of at least 4 members (excludes halogenated alkanes) is 4. The van der Waals surface area contributed by atoms with E-state index in [9.17, 15) is 45.5 Å². The third-order valence-corrected chi connectivity index (χ3v) is 7.97. The van der Waals surface area contributed by atoms with Gasteiger partial charge in [0.2, 0.25) is 0 Å². The monoisotopic (exact) mass is 693 g/mol. The second kappa shape index (κ2) is 15.9. The van der Waals surface area contributed by atoms with Crippen LogP contribution in [0, 0.1) is 0 Å². The fourth-order valence-electron chi connectivity index (χ4n) is 5.15. The van der Waals surface area contributed by atoms with Gasteiger partial charge in [-0.1, -0.05) is 73.9 Å². The van der Waals surface area contributed by atoms with Crippen molar-refractivity contribution in [3.8, 4) is 28.0 Å². The van der Waals surface area contributed by atoms with Gasteiger partial charge in [-0.2, -0.15) is 26.3 Å². The topological polar surface area (TPSA) is 95.9 Å². The summed E-state index contributed by atoms with van der Waals surface area (Å²) in [6, 6.07) is 20.4. The van der Waals surface area contributed by atoms with E-state index < -0.39 is 49.1 Å². The molecular formula is C35H34F6NO5P. The van der Waals surface area contributed by atoms with Crippen LogP contribution in [-0.4, -0.2) is 28.6 Å². The molecule has 13 heteroatoms. The van der Waals surface area contributed by atoms with Crippen molar-refractivity contribution in [2.75, 3.05) is 12.9 Å². The van der Waals surface area contributed by atoms with E-state index in [1.54, 1.807) is 0 Å². The van der Waals surface area contributed by atoms with Crippen LogP contribution < -0.4 is 10.1 Å². The van der Waals surface area contributed by atoms with Crippen LogP contribution in [-0.2, 0) is 23.3 Å². The maximum Gasteiger partial charge on any atom is 0.416 e. The number of rotatable bonds is 14. The zero-order chi connectivity index (χ0) is 35.0. The molecule has 0 aliphatic rings. The van der Waals surface area contributed by atoms with Gasteiger partial charge in [-0.3, -0.25) is 9.36 Å². The summed E-state index contributed by atoms with van der Waals surface area (Å²) in [5, 5.41) is 2.76. The minimum absolute atomic E-state index is 0.0961. The molecule has 0 atom stereocenters. The van der Waals surface area contributed by atoms with Crippen molar-refractivity contribution in [3.63, 3.8) is 0 Å². The highest BCUT2D eigenvalue weighted by Gasteiger charge is 2.33. The van der Waals surface area contributed by atoms with Crippen LogP contribution in [0.2, 0.25) is 0 Å². The average Bonchev–Trinajstić information content (AvgIpc) is 3.04. The molecule has 256 valence electrons. The Morgan fingerprint density at radius 3 is 1.73 bits per heavy atom. The van der Waals surface area contributed by atoms with Gasteiger partial charge in [0, 0.05) is 23.2 Å². The summed E-state index contributed by atoms with van der Waals surface area (Å²) in [6.45, 7) is 0.270. The van der Waals surface area contributed by atoms with Crippen molar-refractivity contribution in [3.05, 3.63) is 113 Å². The Balaban J connectivity index is 1.64. The fraction of sp³-hybridized carbons (Fsp3) is 0.286. The molecule has 1 amide bonds. The summed E-state index contributed by atoms with van der Waals surface area (Å²) >= 11 is 0. The van der Waals surface area contributed by atoms with Gasteiger partial charge in [0.15, 0.2) is 6.35 Å². The highest BCUT2D eigenvalue weighted by molar-refractivity contribution is 7.51. The Morgan fingerprint density at radius 1 is 0.688 bits per heavy atom. The van der Waals surface area contributed by atoms with Crippen molar-refractivity contribution >= 4 is 13.5 Å². The number of halogens is 6. The highest BCUT2D eigenvalue weighted by atomic mass is 31.2. The largest absolute Gasteiger partial charge is 0.480 e. The second-order valence-corrected chi connectivity index (χ2v) is 12.8. The molecule has 0 unspecified atom stereocenters. The van der Waals surface area contributed by atoms with E-state index in [1.807, 2.05) is 18.2 Å². The maximum atomic E-state index is 13.6. The molecule has 0 saturated carbocycles. The minimum atomic E-state index is -4.86. The van der Waals surface area contributed by atoms with E-state index in [2.05, 4.69) is 17.4 Å². The van der Waals surface area contributed by atoms with Gasteiger partial charge in [0.05, 0.1) is 11.1 Å². The number of carbonyl (C=O) groups excluding carboxylic acids is 1. The van der Waals surface area contributed by atoms with Crippen LogP contribution in [0.4, 0.5) is 26.3 Å². The van der Waals surface area contributed by atoms with Gasteiger partial charge in [-0.15, -0.1) is 0 Å². The van der Waals surface area contributed by atoms with Crippen LogP contribution in [0.1, 0.15) is 59.2 Å². The number of amides is 1. The molecule has 6 nitrogen and oxygen atoms in total. The van der Waals surface area contributed by atoms with Gasteiger partial charge in [0.25, 0.3) is 5.91 Å². The Hall–Kier alpha value is -4.12. The first-order valence-corrected chi connectivity index (χ1v) is 16.9. The molecule has 0 saturated heterocycles. The van der Waals surface area contributed by atoms with E-state index in [0.717, 1.165) is 68.5 Å². The summed E-state index contributed by atoms with van der Waals surface area (Å²) in [6.07, 6.45) is -5.35. The van der Waals surface area contributed by atoms with Crippen LogP contribution >= 0.6 is 7.60 Å². The number of hydrogen-bond donors (Lipinski definition) is 3. The van der Waals surface area contributed by atoms with Crippen molar-refractivity contribution in [2.45, 2.75) is 50.9 Å². The predicted molar refractivity (Wildman–Crippen MR) is 170 cm³/mol. The summed E-state index contributed by atoms with van der Waals surface area (Å²) in [4.78, 5) is 32.4. The number of carbonyl (C=O) groups is 1. The molecule has 0 aliphatic carbocycles. The number of hydrogen-bond acceptors (Lipinski definition) is 3. The molecule has 0 aromatic heterocycles. The second-order valence-electron chi connectivity index (χ2n) is 11.3. The third kappa shape index (κ3) is 10.7. The van der Waals surface area contributed by atoms with Gasteiger partial charge in [-0.05, 0) is 72.4 Å². The summed E-state index contributed by atoms with van der Waals surface area (Å²) in [5.41, 5.74) is -1.56. The Morgan fingerprint density at radius 2 is 1.21 bits per heavy atom.